The smallest absolute Gasteiger partial charge is 0.234 e. The lowest BCUT2D eigenvalue weighted by atomic mass is 10.1. The molecule has 3 nitrogen and oxygen atoms in total. The van der Waals surface area contributed by atoms with Crippen LogP contribution in [0.25, 0.3) is 0 Å². The van der Waals surface area contributed by atoms with E-state index < -0.39 is 0 Å². The van der Waals surface area contributed by atoms with Gasteiger partial charge in [0.05, 0.1) is 5.25 Å². The van der Waals surface area contributed by atoms with Crippen LogP contribution in [-0.4, -0.2) is 41.4 Å². The highest BCUT2D eigenvalue weighted by Gasteiger charge is 2.19. The lowest BCUT2D eigenvalue weighted by Gasteiger charge is -2.22. The summed E-state index contributed by atoms with van der Waals surface area (Å²) in [6.45, 7) is 5.85. The van der Waals surface area contributed by atoms with Crippen LogP contribution in [0.1, 0.15) is 20.8 Å². The Morgan fingerprint density at radius 3 is 2.31 bits per heavy atom. The maximum absolute atomic E-state index is 11.4. The molecular weight excluding hydrogens is 184 g/mol. The van der Waals surface area contributed by atoms with Crippen molar-refractivity contribution in [2.75, 3.05) is 19.8 Å². The van der Waals surface area contributed by atoms with Crippen LogP contribution >= 0.6 is 11.8 Å². The summed E-state index contributed by atoms with van der Waals surface area (Å²) in [6, 6.07) is 0. The zero-order valence-corrected chi connectivity index (χ0v) is 9.94. The van der Waals surface area contributed by atoms with Crippen molar-refractivity contribution in [3.8, 4) is 0 Å². The van der Waals surface area contributed by atoms with Crippen molar-refractivity contribution >= 4 is 17.7 Å². The molecule has 1 amide bonds. The number of hydrogen-bond donors (Lipinski definition) is 1. The summed E-state index contributed by atoms with van der Waals surface area (Å²) < 4.78 is 0. The molecule has 13 heavy (non-hydrogen) atoms. The molecule has 0 saturated heterocycles. The van der Waals surface area contributed by atoms with Gasteiger partial charge in [0, 0.05) is 25.4 Å². The molecule has 4 heteroatoms. The van der Waals surface area contributed by atoms with E-state index in [0.29, 0.717) is 0 Å². The molecule has 0 aromatic rings. The number of rotatable bonds is 4. The minimum atomic E-state index is -0.203. The van der Waals surface area contributed by atoms with Crippen LogP contribution < -0.4 is 5.73 Å². The quantitative estimate of drug-likeness (QED) is 0.741. The molecular formula is C9H20N2OS. The summed E-state index contributed by atoms with van der Waals surface area (Å²) in [4.78, 5) is 13.0. The highest BCUT2D eigenvalue weighted by Crippen LogP contribution is 2.16. The lowest BCUT2D eigenvalue weighted by molar-refractivity contribution is -0.127. The molecule has 0 aromatic carbocycles. The second-order valence-corrected chi connectivity index (χ2v) is 5.50. The van der Waals surface area contributed by atoms with E-state index in [1.807, 2.05) is 20.8 Å². The SMILES string of the molecule is CC(SCC(C)(C)N)C(=O)N(C)C. The van der Waals surface area contributed by atoms with Gasteiger partial charge in [0.15, 0.2) is 0 Å². The number of amides is 1. The van der Waals surface area contributed by atoms with Crippen molar-refractivity contribution in [1.82, 2.24) is 4.90 Å². The minimum Gasteiger partial charge on any atom is -0.348 e. The fourth-order valence-corrected chi connectivity index (χ4v) is 1.81. The van der Waals surface area contributed by atoms with Crippen molar-refractivity contribution in [3.63, 3.8) is 0 Å². The highest BCUT2D eigenvalue weighted by atomic mass is 32.2. The predicted octanol–water partition coefficient (Wildman–Crippen LogP) is 0.934. The fourth-order valence-electron chi connectivity index (χ4n) is 0.775. The molecule has 0 heterocycles. The highest BCUT2D eigenvalue weighted by molar-refractivity contribution is 8.00. The molecule has 0 saturated carbocycles. The third-order valence-electron chi connectivity index (χ3n) is 1.49. The lowest BCUT2D eigenvalue weighted by Crippen LogP contribution is -2.37. The van der Waals surface area contributed by atoms with E-state index in [-0.39, 0.29) is 16.7 Å². The van der Waals surface area contributed by atoms with E-state index >= 15 is 0 Å². The molecule has 0 bridgehead atoms. The Balaban J connectivity index is 3.88. The monoisotopic (exact) mass is 204 g/mol. The van der Waals surface area contributed by atoms with Crippen LogP contribution in [0, 0.1) is 0 Å². The van der Waals surface area contributed by atoms with Gasteiger partial charge in [-0.3, -0.25) is 4.79 Å². The van der Waals surface area contributed by atoms with Crippen LogP contribution in [0.15, 0.2) is 0 Å². The Labute approximate surface area is 85.0 Å². The van der Waals surface area contributed by atoms with Gasteiger partial charge in [0.1, 0.15) is 0 Å². The molecule has 0 rings (SSSR count). The number of thioether (sulfide) groups is 1. The molecule has 0 aliphatic heterocycles. The van der Waals surface area contributed by atoms with Gasteiger partial charge in [-0.1, -0.05) is 0 Å². The van der Waals surface area contributed by atoms with E-state index in [2.05, 4.69) is 0 Å². The van der Waals surface area contributed by atoms with Gasteiger partial charge in [-0.25, -0.2) is 0 Å². The normalized spacial score (nSPS) is 14.0. The first-order chi connectivity index (χ1) is 5.74. The summed E-state index contributed by atoms with van der Waals surface area (Å²) in [5, 5.41) is -0.00201. The molecule has 0 fully saturated rings. The van der Waals surface area contributed by atoms with Gasteiger partial charge >= 0.3 is 0 Å². The van der Waals surface area contributed by atoms with E-state index in [1.54, 1.807) is 30.8 Å². The Morgan fingerprint density at radius 1 is 1.54 bits per heavy atom. The van der Waals surface area contributed by atoms with Crippen molar-refractivity contribution in [1.29, 1.82) is 0 Å². The van der Waals surface area contributed by atoms with Crippen LogP contribution in [0.4, 0.5) is 0 Å². The standard InChI is InChI=1S/C9H20N2OS/c1-7(8(12)11(4)5)13-6-9(2,3)10/h7H,6,10H2,1-5H3. The molecule has 0 aliphatic rings. The largest absolute Gasteiger partial charge is 0.348 e. The van der Waals surface area contributed by atoms with E-state index in [4.69, 9.17) is 5.73 Å². The topological polar surface area (TPSA) is 46.3 Å². The number of carbonyl (C=O) groups is 1. The third kappa shape index (κ3) is 5.93. The minimum absolute atomic E-state index is 0.00201. The molecule has 0 aromatic heterocycles. The van der Waals surface area contributed by atoms with Crippen LogP contribution in [0.5, 0.6) is 0 Å². The second-order valence-electron chi connectivity index (χ2n) is 4.17. The first kappa shape index (κ1) is 12.8. The zero-order valence-electron chi connectivity index (χ0n) is 9.13. The van der Waals surface area contributed by atoms with E-state index in [1.165, 1.54) is 0 Å². The van der Waals surface area contributed by atoms with Crippen LogP contribution in [0.2, 0.25) is 0 Å². The molecule has 0 radical (unpaired) electrons. The molecule has 0 aliphatic carbocycles. The van der Waals surface area contributed by atoms with E-state index in [0.717, 1.165) is 5.75 Å². The maximum atomic E-state index is 11.4. The molecule has 1 atom stereocenters. The number of carbonyl (C=O) groups excluding carboxylic acids is 1. The third-order valence-corrected chi connectivity index (χ3v) is 3.11. The first-order valence-electron chi connectivity index (χ1n) is 4.35. The summed E-state index contributed by atoms with van der Waals surface area (Å²) in [7, 11) is 3.54. The maximum Gasteiger partial charge on any atom is 0.234 e. The molecule has 2 N–H and O–H groups in total. The summed E-state index contributed by atoms with van der Waals surface area (Å²) in [5.41, 5.74) is 5.61. The fraction of sp³-hybridized carbons (Fsp3) is 0.889. The molecule has 78 valence electrons. The van der Waals surface area contributed by atoms with Crippen molar-refractivity contribution < 1.29 is 4.79 Å². The van der Waals surface area contributed by atoms with Crippen molar-refractivity contribution in [2.24, 2.45) is 5.73 Å². The van der Waals surface area contributed by atoms with Crippen molar-refractivity contribution in [2.45, 2.75) is 31.6 Å². The molecule has 0 spiro atoms. The number of nitrogens with zero attached hydrogens (tertiary/aromatic N) is 1. The average Bonchev–Trinajstić information content (AvgIpc) is 1.97. The van der Waals surface area contributed by atoms with Gasteiger partial charge in [-0.05, 0) is 20.8 Å². The predicted molar refractivity (Wildman–Crippen MR) is 58.9 cm³/mol. The zero-order chi connectivity index (χ0) is 10.6. The van der Waals surface area contributed by atoms with E-state index in [9.17, 15) is 4.79 Å². The number of hydrogen-bond acceptors (Lipinski definition) is 3. The summed E-state index contributed by atoms with van der Waals surface area (Å²) in [5.74, 6) is 0.947. The van der Waals surface area contributed by atoms with Crippen molar-refractivity contribution in [3.05, 3.63) is 0 Å². The number of nitrogens with two attached hydrogens (primary N) is 1. The van der Waals surface area contributed by atoms with Gasteiger partial charge in [0.25, 0.3) is 0 Å². The van der Waals surface area contributed by atoms with Crippen LogP contribution in [0.3, 0.4) is 0 Å². The Morgan fingerprint density at radius 2 is 2.00 bits per heavy atom. The second kappa shape index (κ2) is 4.86. The van der Waals surface area contributed by atoms with Gasteiger partial charge in [0.2, 0.25) is 5.91 Å². The van der Waals surface area contributed by atoms with Gasteiger partial charge < -0.3 is 10.6 Å². The Kier molecular flexibility index (Phi) is 4.78. The average molecular weight is 204 g/mol. The molecule has 1 unspecified atom stereocenters. The first-order valence-corrected chi connectivity index (χ1v) is 5.40. The van der Waals surface area contributed by atoms with Crippen LogP contribution in [-0.2, 0) is 4.79 Å². The van der Waals surface area contributed by atoms with Gasteiger partial charge in [-0.2, -0.15) is 0 Å². The Hall–Kier alpha value is -0.220. The van der Waals surface area contributed by atoms with Gasteiger partial charge in [-0.15, -0.1) is 11.8 Å². The summed E-state index contributed by atoms with van der Waals surface area (Å²) in [6.07, 6.45) is 0. The Bertz CT molecular complexity index is 175. The summed E-state index contributed by atoms with van der Waals surface area (Å²) >= 11 is 1.60.